The molecule has 2 amide bonds. The Balaban J connectivity index is 1.36. The number of fused-ring (bicyclic) bond motifs is 1. The Hall–Kier alpha value is -5.73. The van der Waals surface area contributed by atoms with Crippen LogP contribution < -0.4 is 10.8 Å². The van der Waals surface area contributed by atoms with Crippen molar-refractivity contribution in [2.75, 3.05) is 0 Å². The summed E-state index contributed by atoms with van der Waals surface area (Å²) in [6, 6.07) is 40.8. The lowest BCUT2D eigenvalue weighted by Gasteiger charge is -2.35. The monoisotopic (exact) mass is 694 g/mol. The zero-order valence-corrected chi connectivity index (χ0v) is 30.6. The van der Waals surface area contributed by atoms with Crippen molar-refractivity contribution >= 4 is 23.0 Å². The number of ether oxygens (including phenoxy) is 1. The third kappa shape index (κ3) is 7.92. The van der Waals surface area contributed by atoms with Crippen LogP contribution >= 0.6 is 0 Å². The Morgan fingerprint density at radius 3 is 1.77 bits per heavy atom. The van der Waals surface area contributed by atoms with Gasteiger partial charge in [-0.05, 0) is 100 Å². The van der Waals surface area contributed by atoms with Crippen molar-refractivity contribution in [3.63, 3.8) is 0 Å². The summed E-state index contributed by atoms with van der Waals surface area (Å²) in [7, 11) is 0. The second-order valence-electron chi connectivity index (χ2n) is 14.2. The highest BCUT2D eigenvalue weighted by Gasteiger charge is 2.40. The molecule has 0 aliphatic rings. The average Bonchev–Trinajstić information content (AvgIpc) is 3.47. The average molecular weight is 695 g/mol. The van der Waals surface area contributed by atoms with Gasteiger partial charge in [-0.25, -0.2) is 15.3 Å². The summed E-state index contributed by atoms with van der Waals surface area (Å²) in [4.78, 5) is 39.2. The number of hydrogen-bond donors (Lipinski definition) is 2. The fourth-order valence-corrected chi connectivity index (χ4v) is 6.42. The molecule has 1 atom stereocenters. The van der Waals surface area contributed by atoms with E-state index in [0.717, 1.165) is 55.9 Å². The standard InChI is InChI=1S/C44H46N4O4/c1-30-22-24-36(25-23-30)48-39-29-32(3)31(2)28-38(39)45-40(48)27-26-37(46-42(50)51-43(4,5)6)41(49)47-52-44(33-16-10-7-11-17-33,34-18-12-8-13-19-34)35-20-14-9-15-21-35/h7-25,28-29,37H,26-27H2,1-6H3,(H,46,50)(H,47,49). The topological polar surface area (TPSA) is 94.5 Å². The minimum absolute atomic E-state index is 0.219. The SMILES string of the molecule is Cc1ccc(-n2c(CCC(NC(=O)OC(C)(C)C)C(=O)NOC(c3ccccc3)(c3ccccc3)c3ccccc3)nc3cc(C)c(C)cc32)cc1. The van der Waals surface area contributed by atoms with Crippen LogP contribution in [-0.4, -0.2) is 33.2 Å². The van der Waals surface area contributed by atoms with E-state index in [1.54, 1.807) is 20.8 Å². The zero-order valence-electron chi connectivity index (χ0n) is 30.6. The van der Waals surface area contributed by atoms with Crippen molar-refractivity contribution in [3.05, 3.63) is 167 Å². The van der Waals surface area contributed by atoms with Crippen LogP contribution in [0.3, 0.4) is 0 Å². The molecule has 6 aromatic rings. The summed E-state index contributed by atoms with van der Waals surface area (Å²) in [5.41, 5.74) is 9.54. The lowest BCUT2D eigenvalue weighted by Crippen LogP contribution is -2.50. The number of hydroxylamine groups is 1. The number of carbonyl (C=O) groups excluding carboxylic acids is 2. The molecular formula is C44H46N4O4. The van der Waals surface area contributed by atoms with Crippen LogP contribution in [0, 0.1) is 20.8 Å². The Kier molecular flexibility index (Phi) is 10.6. The summed E-state index contributed by atoms with van der Waals surface area (Å²) < 4.78 is 7.74. The molecule has 0 aliphatic carbocycles. The van der Waals surface area contributed by atoms with Gasteiger partial charge in [-0.15, -0.1) is 0 Å². The molecular weight excluding hydrogens is 649 g/mol. The first kappa shape index (κ1) is 36.1. The summed E-state index contributed by atoms with van der Waals surface area (Å²) in [6.45, 7) is 11.6. The Morgan fingerprint density at radius 2 is 1.25 bits per heavy atom. The van der Waals surface area contributed by atoms with Gasteiger partial charge in [0.1, 0.15) is 17.5 Å². The van der Waals surface area contributed by atoms with Gasteiger partial charge in [0.25, 0.3) is 5.91 Å². The number of amides is 2. The number of imidazole rings is 1. The molecule has 0 aliphatic heterocycles. The summed E-state index contributed by atoms with van der Waals surface area (Å²) in [5, 5.41) is 2.83. The molecule has 0 bridgehead atoms. The molecule has 8 nitrogen and oxygen atoms in total. The van der Waals surface area contributed by atoms with Crippen LogP contribution in [0.5, 0.6) is 0 Å². The van der Waals surface area contributed by atoms with E-state index in [0.29, 0.717) is 6.42 Å². The number of hydrogen-bond acceptors (Lipinski definition) is 5. The molecule has 0 radical (unpaired) electrons. The third-order valence-corrected chi connectivity index (χ3v) is 9.14. The number of carbonyl (C=O) groups is 2. The second kappa shape index (κ2) is 15.3. The minimum atomic E-state index is -1.20. The smallest absolute Gasteiger partial charge is 0.408 e. The van der Waals surface area contributed by atoms with E-state index >= 15 is 0 Å². The van der Waals surface area contributed by atoms with Crippen LogP contribution in [0.15, 0.2) is 127 Å². The molecule has 8 heteroatoms. The number of aryl methyl sites for hydroxylation is 4. The summed E-state index contributed by atoms with van der Waals surface area (Å²) >= 11 is 0. The number of benzene rings is 5. The Labute approximate surface area is 305 Å². The van der Waals surface area contributed by atoms with E-state index in [9.17, 15) is 9.59 Å². The highest BCUT2D eigenvalue weighted by molar-refractivity contribution is 5.85. The van der Waals surface area contributed by atoms with Gasteiger partial charge in [0.2, 0.25) is 0 Å². The maximum atomic E-state index is 14.3. The number of nitrogens with zero attached hydrogens (tertiary/aromatic N) is 2. The molecule has 52 heavy (non-hydrogen) atoms. The molecule has 1 heterocycles. The molecule has 6 rings (SSSR count). The van der Waals surface area contributed by atoms with Crippen LogP contribution in [0.2, 0.25) is 0 Å². The molecule has 2 N–H and O–H groups in total. The van der Waals surface area contributed by atoms with Crippen molar-refractivity contribution in [2.45, 2.75) is 71.6 Å². The van der Waals surface area contributed by atoms with Crippen molar-refractivity contribution in [1.82, 2.24) is 20.3 Å². The maximum Gasteiger partial charge on any atom is 0.408 e. The number of rotatable bonds is 11. The van der Waals surface area contributed by atoms with Crippen molar-refractivity contribution in [3.8, 4) is 5.69 Å². The molecule has 0 saturated heterocycles. The fraction of sp³-hybridized carbons (Fsp3) is 0.250. The normalized spacial score (nSPS) is 12.3. The van der Waals surface area contributed by atoms with Gasteiger partial charge < -0.3 is 10.1 Å². The van der Waals surface area contributed by atoms with Crippen molar-refractivity contribution < 1.29 is 19.2 Å². The number of alkyl carbamates (subject to hydrolysis) is 1. The van der Waals surface area contributed by atoms with E-state index < -0.39 is 29.2 Å². The van der Waals surface area contributed by atoms with Gasteiger partial charge in [-0.1, -0.05) is 109 Å². The highest BCUT2D eigenvalue weighted by atomic mass is 16.7. The van der Waals surface area contributed by atoms with Crippen LogP contribution in [-0.2, 0) is 26.4 Å². The molecule has 1 unspecified atom stereocenters. The maximum absolute atomic E-state index is 14.3. The Bertz CT molecular complexity index is 2040. The highest BCUT2D eigenvalue weighted by Crippen LogP contribution is 2.39. The molecule has 5 aromatic carbocycles. The quantitative estimate of drug-likeness (QED) is 0.104. The first-order valence-electron chi connectivity index (χ1n) is 17.6. The van der Waals surface area contributed by atoms with Crippen molar-refractivity contribution in [2.24, 2.45) is 0 Å². The predicted octanol–water partition coefficient (Wildman–Crippen LogP) is 8.82. The van der Waals surface area contributed by atoms with Crippen LogP contribution in [0.1, 0.15) is 66.4 Å². The van der Waals surface area contributed by atoms with E-state index in [-0.39, 0.29) is 6.42 Å². The summed E-state index contributed by atoms with van der Waals surface area (Å²) in [6.07, 6.45) is -0.113. The van der Waals surface area contributed by atoms with E-state index in [1.165, 1.54) is 0 Å². The van der Waals surface area contributed by atoms with Gasteiger partial charge >= 0.3 is 6.09 Å². The van der Waals surface area contributed by atoms with E-state index in [2.05, 4.69) is 72.5 Å². The van der Waals surface area contributed by atoms with Gasteiger partial charge in [0.15, 0.2) is 5.60 Å². The van der Waals surface area contributed by atoms with E-state index in [4.69, 9.17) is 14.6 Å². The number of nitrogens with one attached hydrogen (secondary N) is 2. The first-order chi connectivity index (χ1) is 24.9. The van der Waals surface area contributed by atoms with Gasteiger partial charge in [0, 0.05) is 12.1 Å². The van der Waals surface area contributed by atoms with E-state index in [1.807, 2.05) is 91.0 Å². The lowest BCUT2D eigenvalue weighted by atomic mass is 9.80. The Morgan fingerprint density at radius 1 is 0.731 bits per heavy atom. The minimum Gasteiger partial charge on any atom is -0.444 e. The van der Waals surface area contributed by atoms with Crippen molar-refractivity contribution in [1.29, 1.82) is 0 Å². The van der Waals surface area contributed by atoms with Gasteiger partial charge in [-0.3, -0.25) is 14.2 Å². The second-order valence-corrected chi connectivity index (χ2v) is 14.2. The molecule has 0 fully saturated rings. The summed E-state index contributed by atoms with van der Waals surface area (Å²) in [5.74, 6) is 0.239. The largest absolute Gasteiger partial charge is 0.444 e. The molecule has 266 valence electrons. The van der Waals surface area contributed by atoms with Crippen LogP contribution in [0.25, 0.3) is 16.7 Å². The fourth-order valence-electron chi connectivity index (χ4n) is 6.42. The molecule has 0 saturated carbocycles. The van der Waals surface area contributed by atoms with Crippen LogP contribution in [0.4, 0.5) is 4.79 Å². The molecule has 1 aromatic heterocycles. The van der Waals surface area contributed by atoms with Gasteiger partial charge in [0.05, 0.1) is 11.0 Å². The first-order valence-corrected chi connectivity index (χ1v) is 17.6. The number of aromatic nitrogens is 2. The predicted molar refractivity (Wildman–Crippen MR) is 205 cm³/mol. The molecule has 0 spiro atoms. The zero-order chi connectivity index (χ0) is 36.9. The third-order valence-electron chi connectivity index (χ3n) is 9.14. The lowest BCUT2D eigenvalue weighted by molar-refractivity contribution is -0.145. The van der Waals surface area contributed by atoms with Gasteiger partial charge in [-0.2, -0.15) is 0 Å².